The average Bonchev–Trinajstić information content (AvgIpc) is 2.95. The third kappa shape index (κ3) is 5.74. The highest BCUT2D eigenvalue weighted by Crippen LogP contribution is 2.40. The molecule has 0 saturated heterocycles. The van der Waals surface area contributed by atoms with Gasteiger partial charge in [0.1, 0.15) is 34.6 Å². The van der Waals surface area contributed by atoms with Crippen molar-refractivity contribution in [3.8, 4) is 28.7 Å². The summed E-state index contributed by atoms with van der Waals surface area (Å²) in [4.78, 5) is 0. The Morgan fingerprint density at radius 1 is 0.578 bits per heavy atom. The van der Waals surface area contributed by atoms with Gasteiger partial charge in [0.15, 0.2) is 0 Å². The van der Waals surface area contributed by atoms with E-state index in [0.29, 0.717) is 11.6 Å². The van der Waals surface area contributed by atoms with Crippen molar-refractivity contribution in [2.24, 2.45) is 0 Å². The minimum absolute atomic E-state index is 0.0205. The fourth-order valence-corrected chi connectivity index (χ4v) is 5.14. The summed E-state index contributed by atoms with van der Waals surface area (Å²) < 4.78 is 132. The summed E-state index contributed by atoms with van der Waals surface area (Å²) in [7, 11) is 0. The Morgan fingerprint density at radius 2 is 1.16 bits per heavy atom. The van der Waals surface area contributed by atoms with Gasteiger partial charge < -0.3 is 4.74 Å². The van der Waals surface area contributed by atoms with Crippen molar-refractivity contribution in [2.75, 3.05) is 0 Å². The van der Waals surface area contributed by atoms with E-state index in [1.54, 1.807) is 0 Å². The highest BCUT2D eigenvalue weighted by Gasteiger charge is 2.42. The van der Waals surface area contributed by atoms with Gasteiger partial charge in [-0.25, -0.2) is 17.6 Å². The van der Waals surface area contributed by atoms with Gasteiger partial charge in [-0.05, 0) is 82.1 Å². The van der Waals surface area contributed by atoms with Gasteiger partial charge in [0.2, 0.25) is 0 Å². The molecule has 6 aromatic carbocycles. The molecule has 0 amide bonds. The highest BCUT2D eigenvalue weighted by atomic mass is 19.4. The van der Waals surface area contributed by atoms with Crippen LogP contribution in [0.5, 0.6) is 5.75 Å². The fraction of sp³-hybridized carbons (Fsp3) is 0.0857. The molecule has 10 heteroatoms. The van der Waals surface area contributed by atoms with Crippen LogP contribution in [0.15, 0.2) is 84.9 Å². The third-order valence-corrected chi connectivity index (χ3v) is 7.22. The molecule has 0 aliphatic heterocycles. The molecule has 0 unspecified atom stereocenters. The molecule has 0 heterocycles. The number of benzene rings is 6. The first kappa shape index (κ1) is 29.9. The van der Waals surface area contributed by atoms with Gasteiger partial charge in [0, 0.05) is 16.7 Å². The molecule has 0 N–H and O–H groups in total. The molecule has 0 saturated carbocycles. The zero-order valence-electron chi connectivity index (χ0n) is 22.9. The molecule has 0 aliphatic carbocycles. The minimum Gasteiger partial charge on any atom is -0.429 e. The topological polar surface area (TPSA) is 9.23 Å². The lowest BCUT2D eigenvalue weighted by atomic mass is 9.96. The molecule has 226 valence electrons. The third-order valence-electron chi connectivity index (χ3n) is 7.22. The van der Waals surface area contributed by atoms with Crippen molar-refractivity contribution in [3.05, 3.63) is 125 Å². The van der Waals surface area contributed by atoms with Crippen LogP contribution in [0.4, 0.5) is 39.5 Å². The van der Waals surface area contributed by atoms with E-state index in [0.717, 1.165) is 52.1 Å². The monoisotopic (exact) mass is 624 g/mol. The van der Waals surface area contributed by atoms with Crippen molar-refractivity contribution < 1.29 is 44.3 Å². The van der Waals surface area contributed by atoms with Gasteiger partial charge >= 0.3 is 12.3 Å². The van der Waals surface area contributed by atoms with E-state index in [4.69, 9.17) is 0 Å². The SMILES string of the molecule is Cc1ccc2cc(-c3ccc4c(F)c(C(F)(F)Oc5ccc6c(F)c(C#CC(F)(F)F)c(F)cc6c5)c(F)cc4c3)ccc2c1. The highest BCUT2D eigenvalue weighted by molar-refractivity contribution is 5.92. The quantitative estimate of drug-likeness (QED) is 0.140. The van der Waals surface area contributed by atoms with Crippen molar-refractivity contribution in [2.45, 2.75) is 19.2 Å². The second kappa shape index (κ2) is 10.8. The Kier molecular flexibility index (Phi) is 7.15. The van der Waals surface area contributed by atoms with Crippen LogP contribution in [0.2, 0.25) is 0 Å². The van der Waals surface area contributed by atoms with E-state index in [-0.39, 0.29) is 16.2 Å². The van der Waals surface area contributed by atoms with Gasteiger partial charge in [-0.2, -0.15) is 22.0 Å². The molecule has 0 bridgehead atoms. The first-order valence-corrected chi connectivity index (χ1v) is 13.2. The molecule has 0 aromatic heterocycles. The van der Waals surface area contributed by atoms with Crippen LogP contribution >= 0.6 is 0 Å². The number of ether oxygens (including phenoxy) is 1. The predicted octanol–water partition coefficient (Wildman–Crippen LogP) is 10.7. The zero-order valence-corrected chi connectivity index (χ0v) is 22.9. The summed E-state index contributed by atoms with van der Waals surface area (Å²) in [5, 5.41) is 0.852. The summed E-state index contributed by atoms with van der Waals surface area (Å²) in [5.74, 6) is -4.68. The molecule has 0 spiro atoms. The summed E-state index contributed by atoms with van der Waals surface area (Å²) in [6.07, 6.45) is -9.59. The van der Waals surface area contributed by atoms with Gasteiger partial charge in [-0.15, -0.1) is 0 Å². The average molecular weight is 625 g/mol. The second-order valence-corrected chi connectivity index (χ2v) is 10.3. The number of alkyl halides is 5. The molecule has 0 radical (unpaired) electrons. The molecule has 45 heavy (non-hydrogen) atoms. The molecule has 0 aliphatic rings. The lowest BCUT2D eigenvalue weighted by molar-refractivity contribution is -0.189. The van der Waals surface area contributed by atoms with Crippen molar-refractivity contribution in [1.82, 2.24) is 0 Å². The minimum atomic E-state index is -5.01. The number of hydrogen-bond donors (Lipinski definition) is 0. The van der Waals surface area contributed by atoms with Crippen molar-refractivity contribution in [1.29, 1.82) is 0 Å². The molecular formula is C35H17F9O. The smallest absolute Gasteiger partial charge is 0.429 e. The number of aryl methyl sites for hydroxylation is 1. The maximum absolute atomic E-state index is 15.5. The Balaban J connectivity index is 1.34. The molecule has 0 atom stereocenters. The van der Waals surface area contributed by atoms with E-state index in [9.17, 15) is 22.0 Å². The van der Waals surface area contributed by atoms with Crippen LogP contribution in [0.25, 0.3) is 43.4 Å². The predicted molar refractivity (Wildman–Crippen MR) is 153 cm³/mol. The van der Waals surface area contributed by atoms with Gasteiger partial charge in [-0.1, -0.05) is 53.9 Å². The molecule has 6 aromatic rings. The van der Waals surface area contributed by atoms with E-state index in [1.807, 2.05) is 43.3 Å². The van der Waals surface area contributed by atoms with Crippen molar-refractivity contribution >= 4 is 32.3 Å². The summed E-state index contributed by atoms with van der Waals surface area (Å²) in [6.45, 7) is 1.96. The zero-order chi connectivity index (χ0) is 32.3. The van der Waals surface area contributed by atoms with Crippen molar-refractivity contribution in [3.63, 3.8) is 0 Å². The number of halogens is 9. The van der Waals surface area contributed by atoms with Gasteiger partial charge in [0.25, 0.3) is 0 Å². The van der Waals surface area contributed by atoms with Crippen LogP contribution in [0.3, 0.4) is 0 Å². The fourth-order valence-electron chi connectivity index (χ4n) is 5.14. The van der Waals surface area contributed by atoms with E-state index in [2.05, 4.69) is 4.74 Å². The normalized spacial score (nSPS) is 12.0. The number of hydrogen-bond acceptors (Lipinski definition) is 1. The summed E-state index contributed by atoms with van der Waals surface area (Å²) >= 11 is 0. The van der Waals surface area contributed by atoms with Crippen LogP contribution in [0.1, 0.15) is 16.7 Å². The van der Waals surface area contributed by atoms with E-state index < -0.39 is 57.8 Å². The Morgan fingerprint density at radius 3 is 1.89 bits per heavy atom. The molecular weight excluding hydrogens is 607 g/mol. The number of fused-ring (bicyclic) bond motifs is 3. The van der Waals surface area contributed by atoms with Crippen LogP contribution in [-0.2, 0) is 6.11 Å². The first-order chi connectivity index (χ1) is 21.2. The maximum Gasteiger partial charge on any atom is 0.458 e. The maximum atomic E-state index is 15.5. The van der Waals surface area contributed by atoms with Crippen LogP contribution < -0.4 is 4.74 Å². The lowest BCUT2D eigenvalue weighted by Gasteiger charge is -2.21. The van der Waals surface area contributed by atoms with E-state index >= 15 is 17.6 Å². The second-order valence-electron chi connectivity index (χ2n) is 10.3. The Labute approximate surface area is 249 Å². The molecule has 6 rings (SSSR count). The molecule has 0 fully saturated rings. The van der Waals surface area contributed by atoms with Crippen LogP contribution in [0, 0.1) is 42.0 Å². The number of rotatable bonds is 4. The standard InChI is InChI=1S/C35H17F9O/c1-18-2-3-20-13-21(5-4-19(20)12-18)22-6-8-27-23(14-22)17-30(37)31(33(27)39)35(43,44)45-25-7-9-26-24(15-25)16-29(36)28(32(26)38)10-11-34(40,41)42/h2-9,12-17H,1H3. The summed E-state index contributed by atoms with van der Waals surface area (Å²) in [5.41, 5.74) is -0.422. The Bertz CT molecular complexity index is 2220. The van der Waals surface area contributed by atoms with Crippen LogP contribution in [-0.4, -0.2) is 6.18 Å². The Hall–Kier alpha value is -5.17. The van der Waals surface area contributed by atoms with Gasteiger partial charge in [-0.3, -0.25) is 0 Å². The summed E-state index contributed by atoms with van der Waals surface area (Å²) in [6, 6.07) is 19.5. The lowest BCUT2D eigenvalue weighted by Crippen LogP contribution is -2.25. The molecule has 1 nitrogen and oxygen atoms in total. The van der Waals surface area contributed by atoms with E-state index in [1.165, 1.54) is 24.1 Å². The van der Waals surface area contributed by atoms with Gasteiger partial charge in [0.05, 0.1) is 5.56 Å². The first-order valence-electron chi connectivity index (χ1n) is 13.2. The largest absolute Gasteiger partial charge is 0.458 e.